The number of thiazole rings is 1. The lowest BCUT2D eigenvalue weighted by atomic mass is 10.1. The van der Waals surface area contributed by atoms with Gasteiger partial charge in [0, 0.05) is 5.57 Å². The molecule has 5 nitrogen and oxygen atoms in total. The second-order valence-corrected chi connectivity index (χ2v) is 4.30. The highest BCUT2D eigenvalue weighted by Crippen LogP contribution is 2.24. The van der Waals surface area contributed by atoms with Crippen LogP contribution in [0.5, 0.6) is 5.88 Å². The van der Waals surface area contributed by atoms with Gasteiger partial charge in [0.1, 0.15) is 6.73 Å². The Labute approximate surface area is 100 Å². The molecule has 0 atom stereocenters. The van der Waals surface area contributed by atoms with E-state index in [-0.39, 0.29) is 16.5 Å². The minimum atomic E-state index is -0.589. The molecule has 0 fully saturated rings. The molecule has 2 N–H and O–H groups in total. The first-order valence-corrected chi connectivity index (χ1v) is 5.59. The molecule has 0 spiro atoms. The maximum Gasteiger partial charge on any atom is 0.312 e. The summed E-state index contributed by atoms with van der Waals surface area (Å²) in [6.07, 6.45) is 7.72. The quantitative estimate of drug-likeness (QED) is 0.756. The van der Waals surface area contributed by atoms with E-state index in [9.17, 15) is 14.7 Å². The Morgan fingerprint density at radius 2 is 2.00 bits per heavy atom. The Morgan fingerprint density at radius 1 is 1.29 bits per heavy atom. The van der Waals surface area contributed by atoms with E-state index in [0.717, 1.165) is 15.9 Å². The molecule has 88 valence electrons. The van der Waals surface area contributed by atoms with E-state index in [1.165, 1.54) is 12.2 Å². The topological polar surface area (TPSA) is 79.5 Å². The molecule has 1 aliphatic carbocycles. The van der Waals surface area contributed by atoms with Crippen LogP contribution in [-0.2, 0) is 11.5 Å². The molecular weight excluding hydrogens is 242 g/mol. The van der Waals surface area contributed by atoms with E-state index in [1.54, 1.807) is 18.2 Å². The van der Waals surface area contributed by atoms with Crippen molar-refractivity contribution in [2.45, 2.75) is 6.73 Å². The molecule has 1 aromatic rings. The number of hydrogen-bond donors (Lipinski definition) is 2. The molecule has 2 rings (SSSR count). The number of aliphatic hydroxyl groups excluding tert-OH is 1. The molecule has 1 aromatic heterocycles. The number of allylic oxidation sites excluding steroid dienone is 5. The zero-order chi connectivity index (χ0) is 12.4. The molecule has 0 saturated carbocycles. The fraction of sp³-hybridized carbons (Fsp3) is 0.0909. The van der Waals surface area contributed by atoms with Crippen molar-refractivity contribution in [1.29, 1.82) is 0 Å². The third-order valence-electron chi connectivity index (χ3n) is 2.24. The fourth-order valence-corrected chi connectivity index (χ4v) is 2.20. The smallest absolute Gasteiger partial charge is 0.312 e. The van der Waals surface area contributed by atoms with Crippen LogP contribution in [0.15, 0.2) is 34.7 Å². The van der Waals surface area contributed by atoms with Gasteiger partial charge in [0.2, 0.25) is 5.88 Å². The van der Waals surface area contributed by atoms with Gasteiger partial charge in [-0.2, -0.15) is 0 Å². The van der Waals surface area contributed by atoms with Gasteiger partial charge >= 0.3 is 4.87 Å². The molecule has 0 amide bonds. The molecular formula is C11H9NO4S. The highest BCUT2D eigenvalue weighted by Gasteiger charge is 2.13. The van der Waals surface area contributed by atoms with E-state index >= 15 is 0 Å². The normalized spacial score (nSPS) is 17.0. The summed E-state index contributed by atoms with van der Waals surface area (Å²) in [4.78, 5) is 22.6. The van der Waals surface area contributed by atoms with Crippen molar-refractivity contribution in [2.24, 2.45) is 0 Å². The van der Waals surface area contributed by atoms with Gasteiger partial charge in [0.25, 0.3) is 0 Å². The summed E-state index contributed by atoms with van der Waals surface area (Å²) in [7, 11) is 0. The van der Waals surface area contributed by atoms with Crippen LogP contribution in [0.4, 0.5) is 0 Å². The number of carbonyl (C=O) groups is 1. The predicted molar refractivity (Wildman–Crippen MR) is 63.7 cm³/mol. The summed E-state index contributed by atoms with van der Waals surface area (Å²) in [6.45, 7) is -0.589. The highest BCUT2D eigenvalue weighted by molar-refractivity contribution is 7.10. The van der Waals surface area contributed by atoms with Crippen LogP contribution in [0, 0.1) is 0 Å². The molecule has 1 aliphatic rings. The molecule has 0 radical (unpaired) electrons. The summed E-state index contributed by atoms with van der Waals surface area (Å²) in [6, 6.07) is 0. The number of nitrogens with zero attached hydrogens (tertiary/aromatic N) is 1. The van der Waals surface area contributed by atoms with E-state index in [1.807, 2.05) is 0 Å². The zero-order valence-corrected chi connectivity index (χ0v) is 9.48. The molecule has 0 aliphatic heterocycles. The molecule has 0 aromatic carbocycles. The zero-order valence-electron chi connectivity index (χ0n) is 8.66. The number of rotatable bonds is 2. The van der Waals surface area contributed by atoms with Crippen LogP contribution in [0.1, 0.15) is 4.88 Å². The second kappa shape index (κ2) is 4.52. The van der Waals surface area contributed by atoms with Gasteiger partial charge in [-0.1, -0.05) is 29.6 Å². The Kier molecular flexibility index (Phi) is 3.08. The number of ketones is 1. The van der Waals surface area contributed by atoms with Gasteiger partial charge in [0.15, 0.2) is 5.78 Å². The van der Waals surface area contributed by atoms with Crippen LogP contribution >= 0.6 is 11.3 Å². The monoisotopic (exact) mass is 251 g/mol. The summed E-state index contributed by atoms with van der Waals surface area (Å²) in [5.41, 5.74) is 0.383. The van der Waals surface area contributed by atoms with Crippen molar-refractivity contribution in [3.8, 4) is 5.88 Å². The van der Waals surface area contributed by atoms with E-state index in [2.05, 4.69) is 0 Å². The molecule has 6 heteroatoms. The van der Waals surface area contributed by atoms with Crippen molar-refractivity contribution >= 4 is 23.2 Å². The lowest BCUT2D eigenvalue weighted by molar-refractivity contribution is -0.111. The van der Waals surface area contributed by atoms with Crippen LogP contribution in [0.25, 0.3) is 6.08 Å². The average Bonchev–Trinajstić information content (AvgIpc) is 2.57. The van der Waals surface area contributed by atoms with Crippen LogP contribution < -0.4 is 4.87 Å². The standard InChI is InChI=1S/C11H9NO4S/c13-6-12-10(15)9(17-11(12)16)5-7-3-1-2-4-8(7)14/h1-5,13,15H,6H2/b7-5+. The minimum Gasteiger partial charge on any atom is -0.493 e. The van der Waals surface area contributed by atoms with Crippen LogP contribution in [0.3, 0.4) is 0 Å². The van der Waals surface area contributed by atoms with Crippen molar-refractivity contribution in [1.82, 2.24) is 4.57 Å². The lowest BCUT2D eigenvalue weighted by Crippen LogP contribution is -2.11. The molecule has 0 bridgehead atoms. The maximum absolute atomic E-state index is 11.5. The maximum atomic E-state index is 11.5. The van der Waals surface area contributed by atoms with Gasteiger partial charge in [-0.3, -0.25) is 9.59 Å². The lowest BCUT2D eigenvalue weighted by Gasteiger charge is -2.00. The Balaban J connectivity index is 2.46. The Hall–Kier alpha value is -1.92. The number of aromatic hydroxyl groups is 1. The first kappa shape index (κ1) is 11.6. The van der Waals surface area contributed by atoms with Crippen molar-refractivity contribution in [3.63, 3.8) is 0 Å². The summed E-state index contributed by atoms with van der Waals surface area (Å²) >= 11 is 0.772. The Morgan fingerprint density at radius 3 is 2.59 bits per heavy atom. The van der Waals surface area contributed by atoms with Crippen LogP contribution in [-0.4, -0.2) is 20.6 Å². The van der Waals surface area contributed by atoms with Gasteiger partial charge in [-0.25, -0.2) is 4.57 Å². The number of carbonyl (C=O) groups excluding carboxylic acids is 1. The van der Waals surface area contributed by atoms with E-state index in [0.29, 0.717) is 5.57 Å². The third-order valence-corrected chi connectivity index (χ3v) is 3.16. The van der Waals surface area contributed by atoms with Gasteiger partial charge < -0.3 is 10.2 Å². The SMILES string of the molecule is O=C1C=CC=C/C1=C\c1sc(=O)n(CO)c1O. The average molecular weight is 251 g/mol. The fourth-order valence-electron chi connectivity index (χ4n) is 1.37. The van der Waals surface area contributed by atoms with E-state index in [4.69, 9.17) is 5.11 Å². The summed E-state index contributed by atoms with van der Waals surface area (Å²) in [5.74, 6) is -0.519. The first-order chi connectivity index (χ1) is 8.13. The van der Waals surface area contributed by atoms with Gasteiger partial charge in [-0.05, 0) is 12.2 Å². The molecule has 0 unspecified atom stereocenters. The minimum absolute atomic E-state index is 0.191. The van der Waals surface area contributed by atoms with Crippen molar-refractivity contribution < 1.29 is 15.0 Å². The number of hydrogen-bond acceptors (Lipinski definition) is 5. The highest BCUT2D eigenvalue weighted by atomic mass is 32.1. The third kappa shape index (κ3) is 2.13. The van der Waals surface area contributed by atoms with Crippen molar-refractivity contribution in [2.75, 3.05) is 0 Å². The molecule has 17 heavy (non-hydrogen) atoms. The van der Waals surface area contributed by atoms with Gasteiger partial charge in [-0.15, -0.1) is 0 Å². The van der Waals surface area contributed by atoms with Crippen LogP contribution in [0.2, 0.25) is 0 Å². The first-order valence-electron chi connectivity index (χ1n) is 4.77. The Bertz CT molecular complexity index is 603. The molecule has 0 saturated heterocycles. The van der Waals surface area contributed by atoms with Gasteiger partial charge in [0.05, 0.1) is 4.88 Å². The summed E-state index contributed by atoms with van der Waals surface area (Å²) in [5, 5.41) is 18.5. The van der Waals surface area contributed by atoms with E-state index < -0.39 is 11.6 Å². The van der Waals surface area contributed by atoms with Crippen molar-refractivity contribution in [3.05, 3.63) is 44.4 Å². The number of aliphatic hydroxyl groups is 1. The second-order valence-electron chi connectivity index (χ2n) is 3.31. The predicted octanol–water partition coefficient (Wildman–Crippen LogP) is 0.644. The molecule has 1 heterocycles. The largest absolute Gasteiger partial charge is 0.493 e. The number of aromatic nitrogens is 1. The summed E-state index contributed by atoms with van der Waals surface area (Å²) < 4.78 is 0.823.